The van der Waals surface area contributed by atoms with E-state index in [0.29, 0.717) is 18.7 Å². The first-order chi connectivity index (χ1) is 14.3. The predicted octanol–water partition coefficient (Wildman–Crippen LogP) is 1.57. The molecular weight excluding hydrogens is 393 g/mol. The van der Waals surface area contributed by atoms with Gasteiger partial charge in [-0.15, -0.1) is 0 Å². The molecule has 0 radical (unpaired) electrons. The van der Waals surface area contributed by atoms with Crippen molar-refractivity contribution in [1.82, 2.24) is 14.5 Å². The minimum absolute atomic E-state index is 0.0159. The van der Waals surface area contributed by atoms with Crippen molar-refractivity contribution in [3.63, 3.8) is 0 Å². The molecule has 160 valence electrons. The Hall–Kier alpha value is -3.01. The average molecular weight is 417 g/mol. The first-order valence-corrected chi connectivity index (χ1v) is 9.78. The third-order valence-electron chi connectivity index (χ3n) is 5.47. The summed E-state index contributed by atoms with van der Waals surface area (Å²) in [7, 11) is 5.39. The summed E-state index contributed by atoms with van der Waals surface area (Å²) in [6.45, 7) is 1.60. The Bertz CT molecular complexity index is 1090. The van der Waals surface area contributed by atoms with Crippen LogP contribution in [0.3, 0.4) is 0 Å². The minimum atomic E-state index is -1.33. The second kappa shape index (κ2) is 7.67. The van der Waals surface area contributed by atoms with E-state index in [2.05, 4.69) is 10.1 Å². The van der Waals surface area contributed by atoms with Crippen LogP contribution in [0.1, 0.15) is 29.2 Å². The second-order valence-corrected chi connectivity index (χ2v) is 8.09. The van der Waals surface area contributed by atoms with Crippen LogP contribution in [0.25, 0.3) is 11.0 Å². The quantitative estimate of drug-likeness (QED) is 0.712. The van der Waals surface area contributed by atoms with Gasteiger partial charge in [-0.1, -0.05) is 5.16 Å². The molecule has 2 aromatic heterocycles. The van der Waals surface area contributed by atoms with E-state index in [4.69, 9.17) is 4.84 Å². The van der Waals surface area contributed by atoms with Gasteiger partial charge in [0.1, 0.15) is 18.3 Å². The van der Waals surface area contributed by atoms with Gasteiger partial charge < -0.3 is 24.3 Å². The monoisotopic (exact) mass is 417 g/mol. The highest BCUT2D eigenvalue weighted by atomic mass is 19.1. The molecule has 1 saturated heterocycles. The fraction of sp³-hybridized carbons (Fsp3) is 0.500. The van der Waals surface area contributed by atoms with Crippen LogP contribution in [0.4, 0.5) is 10.2 Å². The number of nitrogens with zero attached hydrogens (tertiary/aromatic N) is 5. The van der Waals surface area contributed by atoms with Gasteiger partial charge >= 0.3 is 5.97 Å². The SMILES string of the molecule is CO/N=C1\CN(c2nc3c(cc2F)c(=O)c(C(=O)O)cn3C2CC2)CC1CN(C)C. The first-order valence-electron chi connectivity index (χ1n) is 9.78. The Morgan fingerprint density at radius 1 is 1.43 bits per heavy atom. The number of aromatic carboxylic acids is 1. The number of fused-ring (bicyclic) bond motifs is 1. The molecule has 9 nitrogen and oxygen atoms in total. The first kappa shape index (κ1) is 20.3. The summed E-state index contributed by atoms with van der Waals surface area (Å²) in [5.74, 6) is -1.81. The summed E-state index contributed by atoms with van der Waals surface area (Å²) in [6.07, 6.45) is 3.06. The lowest BCUT2D eigenvalue weighted by molar-refractivity contribution is 0.0695. The molecule has 1 aliphatic carbocycles. The van der Waals surface area contributed by atoms with E-state index in [1.54, 1.807) is 9.47 Å². The van der Waals surface area contributed by atoms with Crippen molar-refractivity contribution >= 4 is 28.5 Å². The van der Waals surface area contributed by atoms with Crippen molar-refractivity contribution in [2.45, 2.75) is 18.9 Å². The molecule has 1 unspecified atom stereocenters. The molecule has 1 aliphatic heterocycles. The molecule has 0 aromatic carbocycles. The number of anilines is 1. The fourth-order valence-electron chi connectivity index (χ4n) is 3.99. The summed E-state index contributed by atoms with van der Waals surface area (Å²) in [4.78, 5) is 37.4. The number of hydrogen-bond acceptors (Lipinski definition) is 7. The number of pyridine rings is 2. The molecular formula is C20H24FN5O4. The molecule has 1 atom stereocenters. The smallest absolute Gasteiger partial charge is 0.341 e. The Kier molecular flexibility index (Phi) is 5.19. The zero-order valence-electron chi connectivity index (χ0n) is 17.1. The van der Waals surface area contributed by atoms with Gasteiger partial charge in [-0.05, 0) is 33.0 Å². The standard InChI is InChI=1S/C20H24FN5O4/c1-24(2)7-11-8-25(10-16(11)23-30-3)19-15(21)6-13-17(27)14(20(28)29)9-26(12-4-5-12)18(13)22-19/h6,9,11-12H,4-5,7-8,10H2,1-3H3,(H,28,29)/b23-16+. The lowest BCUT2D eigenvalue weighted by Gasteiger charge is -2.20. The number of rotatable bonds is 6. The Morgan fingerprint density at radius 3 is 2.77 bits per heavy atom. The van der Waals surface area contributed by atoms with Gasteiger partial charge in [0.15, 0.2) is 11.6 Å². The largest absolute Gasteiger partial charge is 0.477 e. The van der Waals surface area contributed by atoms with Crippen molar-refractivity contribution in [3.05, 3.63) is 33.9 Å². The summed E-state index contributed by atoms with van der Waals surface area (Å²) >= 11 is 0. The van der Waals surface area contributed by atoms with Gasteiger partial charge in [-0.2, -0.15) is 0 Å². The maximum Gasteiger partial charge on any atom is 0.341 e. The average Bonchev–Trinajstić information content (AvgIpc) is 3.44. The lowest BCUT2D eigenvalue weighted by atomic mass is 10.1. The van der Waals surface area contributed by atoms with Crippen molar-refractivity contribution < 1.29 is 19.1 Å². The number of carbonyl (C=O) groups is 1. The van der Waals surface area contributed by atoms with E-state index in [9.17, 15) is 14.7 Å². The van der Waals surface area contributed by atoms with Crippen LogP contribution < -0.4 is 10.3 Å². The van der Waals surface area contributed by atoms with Crippen LogP contribution in [-0.2, 0) is 4.84 Å². The molecule has 30 heavy (non-hydrogen) atoms. The van der Waals surface area contributed by atoms with Crippen LogP contribution in [0.5, 0.6) is 0 Å². The molecule has 3 heterocycles. The molecule has 0 amide bonds. The van der Waals surface area contributed by atoms with Gasteiger partial charge in [-0.25, -0.2) is 14.2 Å². The summed E-state index contributed by atoms with van der Waals surface area (Å²) < 4.78 is 16.7. The molecule has 0 bridgehead atoms. The van der Waals surface area contributed by atoms with Gasteiger partial charge in [-0.3, -0.25) is 4.79 Å². The van der Waals surface area contributed by atoms with Crippen molar-refractivity contribution in [1.29, 1.82) is 0 Å². The van der Waals surface area contributed by atoms with Crippen LogP contribution in [-0.4, -0.2) is 72.1 Å². The molecule has 10 heteroatoms. The summed E-state index contributed by atoms with van der Waals surface area (Å²) in [5, 5.41) is 13.5. The summed E-state index contributed by atoms with van der Waals surface area (Å²) in [6, 6.07) is 1.18. The van der Waals surface area contributed by atoms with E-state index in [-0.39, 0.29) is 28.7 Å². The predicted molar refractivity (Wildman–Crippen MR) is 110 cm³/mol. The summed E-state index contributed by atoms with van der Waals surface area (Å²) in [5.41, 5.74) is 0.0180. The highest BCUT2D eigenvalue weighted by molar-refractivity contribution is 5.95. The van der Waals surface area contributed by atoms with Crippen LogP contribution >= 0.6 is 0 Å². The van der Waals surface area contributed by atoms with Crippen molar-refractivity contribution in [3.8, 4) is 0 Å². The lowest BCUT2D eigenvalue weighted by Crippen LogP contribution is -2.28. The number of aromatic nitrogens is 2. The highest BCUT2D eigenvalue weighted by Gasteiger charge is 2.34. The Morgan fingerprint density at radius 2 is 2.17 bits per heavy atom. The van der Waals surface area contributed by atoms with E-state index in [0.717, 1.165) is 31.2 Å². The number of hydrogen-bond donors (Lipinski definition) is 1. The minimum Gasteiger partial charge on any atom is -0.477 e. The molecule has 2 aromatic rings. The number of oxime groups is 1. The topological polar surface area (TPSA) is 100 Å². The van der Waals surface area contributed by atoms with Crippen LogP contribution in [0.15, 0.2) is 22.2 Å². The van der Waals surface area contributed by atoms with Crippen molar-refractivity contribution in [2.24, 2.45) is 11.1 Å². The van der Waals surface area contributed by atoms with E-state index in [1.807, 2.05) is 19.0 Å². The second-order valence-electron chi connectivity index (χ2n) is 8.09. The molecule has 4 rings (SSSR count). The maximum absolute atomic E-state index is 15.1. The third-order valence-corrected chi connectivity index (χ3v) is 5.47. The van der Waals surface area contributed by atoms with E-state index < -0.39 is 17.2 Å². The van der Waals surface area contributed by atoms with Gasteiger partial charge in [0.05, 0.1) is 17.6 Å². The Balaban J connectivity index is 1.81. The normalized spacial score (nSPS) is 20.5. The number of carboxylic acid groups (broad SMARTS) is 1. The number of carboxylic acids is 1. The van der Waals surface area contributed by atoms with Gasteiger partial charge in [0, 0.05) is 31.2 Å². The number of halogens is 1. The Labute approximate surface area is 172 Å². The zero-order valence-corrected chi connectivity index (χ0v) is 17.1. The molecule has 2 fully saturated rings. The van der Waals surface area contributed by atoms with E-state index >= 15 is 4.39 Å². The molecule has 1 N–H and O–H groups in total. The highest BCUT2D eigenvalue weighted by Crippen LogP contribution is 2.37. The zero-order chi connectivity index (χ0) is 21.6. The van der Waals surface area contributed by atoms with Gasteiger partial charge in [0.25, 0.3) is 0 Å². The molecule has 1 saturated carbocycles. The maximum atomic E-state index is 15.1. The fourth-order valence-corrected chi connectivity index (χ4v) is 3.99. The van der Waals surface area contributed by atoms with Crippen LogP contribution in [0, 0.1) is 11.7 Å². The third kappa shape index (κ3) is 3.62. The van der Waals surface area contributed by atoms with Gasteiger partial charge in [0.2, 0.25) is 5.43 Å². The molecule has 0 spiro atoms. The van der Waals surface area contributed by atoms with E-state index in [1.165, 1.54) is 13.3 Å². The molecule has 2 aliphatic rings. The van der Waals surface area contributed by atoms with Crippen molar-refractivity contribution in [2.75, 3.05) is 45.7 Å². The van der Waals surface area contributed by atoms with Crippen LogP contribution in [0.2, 0.25) is 0 Å².